The first-order valence-corrected chi connectivity index (χ1v) is 5.84. The molecule has 0 saturated carbocycles. The Morgan fingerprint density at radius 1 is 0.625 bits per heavy atom. The van der Waals surface area contributed by atoms with Gasteiger partial charge in [-0.05, 0) is 24.3 Å². The van der Waals surface area contributed by atoms with Crippen LogP contribution in [0.1, 0.15) is 26.7 Å². The van der Waals surface area contributed by atoms with Crippen molar-refractivity contribution < 1.29 is 0 Å². The molecular formula is C14H24N2. The van der Waals surface area contributed by atoms with Crippen molar-refractivity contribution in [3.63, 3.8) is 0 Å². The van der Waals surface area contributed by atoms with E-state index in [2.05, 4.69) is 13.8 Å². The Bertz CT molecular complexity index is 272. The molecule has 2 nitrogen and oxygen atoms in total. The van der Waals surface area contributed by atoms with E-state index in [9.17, 15) is 0 Å². The van der Waals surface area contributed by atoms with Crippen molar-refractivity contribution in [2.45, 2.75) is 26.7 Å². The molecule has 0 saturated heterocycles. The lowest BCUT2D eigenvalue weighted by molar-refractivity contribution is 0.886. The maximum absolute atomic E-state index is 2.18. The van der Waals surface area contributed by atoms with Crippen LogP contribution in [0.25, 0.3) is 0 Å². The summed E-state index contributed by atoms with van der Waals surface area (Å²) >= 11 is 0. The van der Waals surface area contributed by atoms with Crippen LogP contribution >= 0.6 is 0 Å². The van der Waals surface area contributed by atoms with E-state index in [1.165, 1.54) is 12.8 Å². The summed E-state index contributed by atoms with van der Waals surface area (Å²) in [6, 6.07) is 8.00. The largest absolute Gasteiger partial charge is 0.357 e. The first kappa shape index (κ1) is 14.6. The Morgan fingerprint density at radius 3 is 0.938 bits per heavy atom. The van der Waals surface area contributed by atoms with Crippen LogP contribution in [0.5, 0.6) is 0 Å². The molecule has 0 aliphatic heterocycles. The van der Waals surface area contributed by atoms with Crippen molar-refractivity contribution in [2.24, 2.45) is 14.1 Å². The Hall–Kier alpha value is -1.44. The van der Waals surface area contributed by atoms with E-state index in [1.54, 1.807) is 0 Å². The SMILES string of the molecule is CCCC.Cn1cccc1.Cn1cccc1. The molecule has 0 N–H and O–H groups in total. The zero-order valence-corrected chi connectivity index (χ0v) is 10.9. The summed E-state index contributed by atoms with van der Waals surface area (Å²) in [7, 11) is 4.00. The van der Waals surface area contributed by atoms with Crippen molar-refractivity contribution >= 4 is 0 Å². The number of hydrogen-bond donors (Lipinski definition) is 0. The number of aryl methyl sites for hydroxylation is 2. The van der Waals surface area contributed by atoms with Crippen molar-refractivity contribution in [3.8, 4) is 0 Å². The lowest BCUT2D eigenvalue weighted by Crippen LogP contribution is -1.75. The summed E-state index contributed by atoms with van der Waals surface area (Å²) in [5.74, 6) is 0. The van der Waals surface area contributed by atoms with Crippen LogP contribution in [0.15, 0.2) is 49.1 Å². The Balaban J connectivity index is 0.000000217. The Kier molecular flexibility index (Phi) is 9.18. The molecule has 0 unspecified atom stereocenters. The molecule has 2 heteroatoms. The molecule has 0 aliphatic rings. The molecule has 0 spiro atoms. The van der Waals surface area contributed by atoms with Gasteiger partial charge in [-0.3, -0.25) is 0 Å². The van der Waals surface area contributed by atoms with Gasteiger partial charge in [0.2, 0.25) is 0 Å². The van der Waals surface area contributed by atoms with Gasteiger partial charge in [0.15, 0.2) is 0 Å². The van der Waals surface area contributed by atoms with Gasteiger partial charge in [-0.15, -0.1) is 0 Å². The van der Waals surface area contributed by atoms with E-state index in [-0.39, 0.29) is 0 Å². The minimum Gasteiger partial charge on any atom is -0.357 e. The van der Waals surface area contributed by atoms with Gasteiger partial charge in [-0.2, -0.15) is 0 Å². The number of rotatable bonds is 1. The van der Waals surface area contributed by atoms with Gasteiger partial charge in [0, 0.05) is 38.9 Å². The summed E-state index contributed by atoms with van der Waals surface area (Å²) in [6.07, 6.45) is 10.6. The molecule has 16 heavy (non-hydrogen) atoms. The molecule has 2 heterocycles. The first-order valence-electron chi connectivity index (χ1n) is 5.84. The second-order valence-corrected chi connectivity index (χ2v) is 3.70. The van der Waals surface area contributed by atoms with E-state index in [0.717, 1.165) is 0 Å². The van der Waals surface area contributed by atoms with Crippen LogP contribution < -0.4 is 0 Å². The zero-order valence-electron chi connectivity index (χ0n) is 10.9. The summed E-state index contributed by atoms with van der Waals surface area (Å²) in [4.78, 5) is 0. The average Bonchev–Trinajstić information content (AvgIpc) is 2.93. The highest BCUT2D eigenvalue weighted by Crippen LogP contribution is 1.81. The van der Waals surface area contributed by atoms with Gasteiger partial charge < -0.3 is 9.13 Å². The monoisotopic (exact) mass is 220 g/mol. The topological polar surface area (TPSA) is 9.86 Å². The third-order valence-corrected chi connectivity index (χ3v) is 2.01. The van der Waals surface area contributed by atoms with Gasteiger partial charge in [0.25, 0.3) is 0 Å². The van der Waals surface area contributed by atoms with Crippen LogP contribution in [0, 0.1) is 0 Å². The number of aromatic nitrogens is 2. The maximum Gasteiger partial charge on any atom is 0.0106 e. The molecule has 0 radical (unpaired) electrons. The van der Waals surface area contributed by atoms with E-state index in [4.69, 9.17) is 0 Å². The average molecular weight is 220 g/mol. The van der Waals surface area contributed by atoms with Gasteiger partial charge in [0.05, 0.1) is 0 Å². The molecule has 0 aliphatic carbocycles. The fraction of sp³-hybridized carbons (Fsp3) is 0.429. The van der Waals surface area contributed by atoms with Gasteiger partial charge in [-0.1, -0.05) is 26.7 Å². The first-order chi connectivity index (χ1) is 7.70. The highest BCUT2D eigenvalue weighted by molar-refractivity contribution is 4.88. The molecule has 2 aromatic heterocycles. The molecular weight excluding hydrogens is 196 g/mol. The van der Waals surface area contributed by atoms with Crippen molar-refractivity contribution in [3.05, 3.63) is 49.1 Å². The van der Waals surface area contributed by atoms with Crippen LogP contribution in [0.2, 0.25) is 0 Å². The second kappa shape index (κ2) is 10.1. The van der Waals surface area contributed by atoms with Crippen LogP contribution in [0.3, 0.4) is 0 Å². The second-order valence-electron chi connectivity index (χ2n) is 3.70. The lowest BCUT2D eigenvalue weighted by Gasteiger charge is -1.79. The highest BCUT2D eigenvalue weighted by Gasteiger charge is 1.68. The molecule has 0 amide bonds. The summed E-state index contributed by atoms with van der Waals surface area (Å²) in [5.41, 5.74) is 0. The van der Waals surface area contributed by atoms with Crippen molar-refractivity contribution in [1.82, 2.24) is 9.13 Å². The summed E-state index contributed by atoms with van der Waals surface area (Å²) < 4.78 is 4.00. The highest BCUT2D eigenvalue weighted by atomic mass is 14.9. The minimum atomic E-state index is 1.32. The zero-order chi connectivity index (χ0) is 12.2. The Morgan fingerprint density at radius 2 is 0.875 bits per heavy atom. The van der Waals surface area contributed by atoms with Crippen LogP contribution in [0.4, 0.5) is 0 Å². The van der Waals surface area contributed by atoms with Gasteiger partial charge in [-0.25, -0.2) is 0 Å². The van der Waals surface area contributed by atoms with Gasteiger partial charge >= 0.3 is 0 Å². The number of nitrogens with zero attached hydrogens (tertiary/aromatic N) is 2. The third-order valence-electron chi connectivity index (χ3n) is 2.01. The molecule has 0 bridgehead atoms. The van der Waals surface area contributed by atoms with E-state index >= 15 is 0 Å². The van der Waals surface area contributed by atoms with Gasteiger partial charge in [0.1, 0.15) is 0 Å². The fourth-order valence-electron chi connectivity index (χ4n) is 0.841. The van der Waals surface area contributed by atoms with Crippen LogP contribution in [-0.2, 0) is 14.1 Å². The van der Waals surface area contributed by atoms with Crippen LogP contribution in [-0.4, -0.2) is 9.13 Å². The fourth-order valence-corrected chi connectivity index (χ4v) is 0.841. The lowest BCUT2D eigenvalue weighted by atomic mass is 10.4. The van der Waals surface area contributed by atoms with Crippen molar-refractivity contribution in [1.29, 1.82) is 0 Å². The molecule has 0 fully saturated rings. The predicted octanol–water partition coefficient (Wildman–Crippen LogP) is 3.86. The third kappa shape index (κ3) is 9.13. The Labute approximate surface area is 99.5 Å². The summed E-state index contributed by atoms with van der Waals surface area (Å²) in [6.45, 7) is 4.36. The minimum absolute atomic E-state index is 1.32. The standard InChI is InChI=1S/2C5H7N.C4H10/c2*1-6-4-2-3-5-6;1-3-4-2/h2*2-5H,1H3;3-4H2,1-2H3. The molecule has 90 valence electrons. The molecule has 2 rings (SSSR count). The van der Waals surface area contributed by atoms with Crippen molar-refractivity contribution in [2.75, 3.05) is 0 Å². The number of unbranched alkanes of at least 4 members (excludes halogenated alkanes) is 1. The maximum atomic E-state index is 2.18. The normalized spacial score (nSPS) is 8.50. The quantitative estimate of drug-likeness (QED) is 0.690. The molecule has 0 aromatic carbocycles. The summed E-state index contributed by atoms with van der Waals surface area (Å²) in [5, 5.41) is 0. The predicted molar refractivity (Wildman–Crippen MR) is 71.4 cm³/mol. The smallest absolute Gasteiger partial charge is 0.0106 e. The molecule has 0 atom stereocenters. The number of hydrogen-bond acceptors (Lipinski definition) is 0. The van der Waals surface area contributed by atoms with E-state index in [0.29, 0.717) is 0 Å². The van der Waals surface area contributed by atoms with E-state index in [1.807, 2.05) is 72.3 Å². The molecule has 2 aromatic rings. The van der Waals surface area contributed by atoms with E-state index < -0.39 is 0 Å².